The molecule has 2 aromatic carbocycles. The first-order chi connectivity index (χ1) is 21.4. The maximum Gasteiger partial charge on any atom is 0.331 e. The van der Waals surface area contributed by atoms with E-state index in [0.29, 0.717) is 30.1 Å². The summed E-state index contributed by atoms with van der Waals surface area (Å²) in [7, 11) is -2.11. The molecular formula is C31H28ClN5O7S. The van der Waals surface area contributed by atoms with Crippen LogP contribution in [0.2, 0.25) is 5.02 Å². The van der Waals surface area contributed by atoms with Crippen LogP contribution in [-0.2, 0) is 50.8 Å². The summed E-state index contributed by atoms with van der Waals surface area (Å²) in [6, 6.07) is 13.9. The second kappa shape index (κ2) is 11.3. The van der Waals surface area contributed by atoms with Gasteiger partial charge in [-0.15, -0.1) is 0 Å². The quantitative estimate of drug-likeness (QED) is 0.295. The van der Waals surface area contributed by atoms with E-state index < -0.39 is 51.3 Å². The lowest BCUT2D eigenvalue weighted by atomic mass is 9.79. The van der Waals surface area contributed by atoms with Crippen molar-refractivity contribution in [3.8, 4) is 16.9 Å². The number of methoxy groups -OCH3 is 1. The lowest BCUT2D eigenvalue weighted by Gasteiger charge is -2.20. The number of fused-ring (bicyclic) bond motifs is 3. The summed E-state index contributed by atoms with van der Waals surface area (Å²) in [5.74, 6) is -0.287. The normalized spacial score (nSPS) is 16.7. The van der Waals surface area contributed by atoms with Crippen LogP contribution in [0.5, 0.6) is 5.75 Å². The molecule has 0 saturated heterocycles. The third-order valence-corrected chi connectivity index (χ3v) is 9.49. The van der Waals surface area contributed by atoms with Gasteiger partial charge in [0.05, 0.1) is 28.9 Å². The summed E-state index contributed by atoms with van der Waals surface area (Å²) in [5.41, 5.74) is 1.07. The third-order valence-electron chi connectivity index (χ3n) is 8.17. The predicted molar refractivity (Wildman–Crippen MR) is 169 cm³/mol. The first kappa shape index (κ1) is 30.3. The van der Waals surface area contributed by atoms with Crippen LogP contribution in [-0.4, -0.2) is 53.5 Å². The third kappa shape index (κ3) is 5.53. The van der Waals surface area contributed by atoms with Gasteiger partial charge in [-0.05, 0) is 48.2 Å². The summed E-state index contributed by atoms with van der Waals surface area (Å²) in [4.78, 5) is 57.4. The summed E-state index contributed by atoms with van der Waals surface area (Å²) in [6.45, 7) is -0.888. The molecule has 4 aromatic rings. The van der Waals surface area contributed by atoms with Crippen molar-refractivity contribution >= 4 is 44.8 Å². The van der Waals surface area contributed by atoms with E-state index in [0.717, 1.165) is 32.1 Å². The van der Waals surface area contributed by atoms with E-state index in [4.69, 9.17) is 16.3 Å². The van der Waals surface area contributed by atoms with E-state index in [1.54, 1.807) is 42.6 Å². The second-order valence-electron chi connectivity index (χ2n) is 11.2. The zero-order valence-corrected chi connectivity index (χ0v) is 25.9. The molecule has 6 rings (SSSR count). The van der Waals surface area contributed by atoms with Gasteiger partial charge in [0.1, 0.15) is 27.9 Å². The zero-order valence-electron chi connectivity index (χ0n) is 24.3. The Morgan fingerprint density at radius 1 is 1.09 bits per heavy atom. The highest BCUT2D eigenvalue weighted by molar-refractivity contribution is 7.90. The number of rotatable bonds is 8. The average Bonchev–Trinajstić information content (AvgIpc) is 3.50. The highest BCUT2D eigenvalue weighted by atomic mass is 35.5. The summed E-state index contributed by atoms with van der Waals surface area (Å²) in [6.07, 6.45) is 4.80. The number of ether oxygens (including phenoxy) is 1. The Morgan fingerprint density at radius 2 is 1.87 bits per heavy atom. The standard InChI is InChI=1S/C31H28ClN5O7S/c1-44-24-7-3-5-21(26(24)32)22-16-36(30(41)37(28(22)39)11-12-45(2,42)43)17-25(38)34-20-9-8-18-14-31(15-19(18)13-20)23-6-4-10-33-27(23)35-29(31)40/h3-10,13,16H,11-12,14-15,17H2,1-2H3,(H,34,38)(H,33,35,40)/t31-/m1/s1. The number of benzene rings is 2. The van der Waals surface area contributed by atoms with Gasteiger partial charge in [-0.3, -0.25) is 23.5 Å². The van der Waals surface area contributed by atoms with Crippen molar-refractivity contribution in [3.63, 3.8) is 0 Å². The SMILES string of the molecule is COc1cccc(-c2cn(CC(=O)Nc3ccc4c(c3)C[C@@]3(C4)C(=O)Nc4ncccc43)c(=O)n(CCS(C)(=O)=O)c2=O)c1Cl. The molecule has 45 heavy (non-hydrogen) atoms. The van der Waals surface area contributed by atoms with Crippen molar-refractivity contribution in [3.05, 3.63) is 103 Å². The fourth-order valence-electron chi connectivity index (χ4n) is 5.98. The molecule has 3 heterocycles. The minimum absolute atomic E-state index is 0.00718. The fraction of sp³-hybridized carbons (Fsp3) is 0.258. The molecule has 0 unspecified atom stereocenters. The maximum absolute atomic E-state index is 13.4. The Balaban J connectivity index is 1.29. The number of aromatic nitrogens is 3. The van der Waals surface area contributed by atoms with E-state index in [-0.39, 0.29) is 22.1 Å². The number of nitrogens with one attached hydrogen (secondary N) is 2. The molecular weight excluding hydrogens is 622 g/mol. The monoisotopic (exact) mass is 649 g/mol. The minimum atomic E-state index is -3.52. The molecule has 0 radical (unpaired) electrons. The van der Waals surface area contributed by atoms with Crippen LogP contribution in [0, 0.1) is 0 Å². The van der Waals surface area contributed by atoms with E-state index in [2.05, 4.69) is 15.6 Å². The number of nitrogens with zero attached hydrogens (tertiary/aromatic N) is 3. The minimum Gasteiger partial charge on any atom is -0.495 e. The molecule has 2 amide bonds. The van der Waals surface area contributed by atoms with Gasteiger partial charge in [-0.1, -0.05) is 35.9 Å². The van der Waals surface area contributed by atoms with Crippen molar-refractivity contribution in [2.24, 2.45) is 0 Å². The molecule has 1 aliphatic carbocycles. The van der Waals surface area contributed by atoms with Crippen LogP contribution in [0.25, 0.3) is 11.1 Å². The van der Waals surface area contributed by atoms with E-state index in [1.165, 1.54) is 13.3 Å². The Hall–Kier alpha value is -4.75. The number of sulfone groups is 1. The summed E-state index contributed by atoms with van der Waals surface area (Å²) < 4.78 is 30.8. The highest BCUT2D eigenvalue weighted by Gasteiger charge is 2.51. The van der Waals surface area contributed by atoms with Gasteiger partial charge in [0.2, 0.25) is 11.8 Å². The fourth-order valence-corrected chi connectivity index (χ4v) is 6.80. The molecule has 14 heteroatoms. The lowest BCUT2D eigenvalue weighted by molar-refractivity contribution is -0.120. The van der Waals surface area contributed by atoms with Crippen molar-refractivity contribution in [1.29, 1.82) is 0 Å². The molecule has 1 spiro atoms. The number of pyridine rings is 1. The van der Waals surface area contributed by atoms with Gasteiger partial charge < -0.3 is 15.4 Å². The smallest absolute Gasteiger partial charge is 0.331 e. The zero-order chi connectivity index (χ0) is 32.1. The van der Waals surface area contributed by atoms with Gasteiger partial charge in [0.15, 0.2) is 0 Å². The van der Waals surface area contributed by atoms with E-state index in [1.807, 2.05) is 12.1 Å². The maximum atomic E-state index is 13.4. The van der Waals surface area contributed by atoms with Crippen molar-refractivity contribution < 1.29 is 22.7 Å². The van der Waals surface area contributed by atoms with E-state index in [9.17, 15) is 27.6 Å². The molecule has 12 nitrogen and oxygen atoms in total. The van der Waals surface area contributed by atoms with Crippen LogP contribution in [0.15, 0.2) is 70.5 Å². The largest absolute Gasteiger partial charge is 0.495 e. The molecule has 1 aliphatic heterocycles. The Morgan fingerprint density at radius 3 is 2.62 bits per heavy atom. The van der Waals surface area contributed by atoms with Crippen LogP contribution < -0.4 is 26.6 Å². The van der Waals surface area contributed by atoms with Crippen LogP contribution in [0.4, 0.5) is 11.5 Å². The van der Waals surface area contributed by atoms with Crippen LogP contribution in [0.3, 0.4) is 0 Å². The number of halogens is 1. The Labute approximate surface area is 262 Å². The highest BCUT2D eigenvalue weighted by Crippen LogP contribution is 2.47. The summed E-state index contributed by atoms with van der Waals surface area (Å²) in [5, 5.41) is 5.78. The molecule has 0 bridgehead atoms. The van der Waals surface area contributed by atoms with Crippen molar-refractivity contribution in [2.45, 2.75) is 31.3 Å². The molecule has 1 atom stereocenters. The van der Waals surface area contributed by atoms with Crippen molar-refractivity contribution in [1.82, 2.24) is 14.1 Å². The molecule has 2 aliphatic rings. The van der Waals surface area contributed by atoms with Crippen LogP contribution in [0.1, 0.15) is 16.7 Å². The number of carbonyl (C=O) groups excluding carboxylic acids is 2. The van der Waals surface area contributed by atoms with Gasteiger partial charge >= 0.3 is 5.69 Å². The van der Waals surface area contributed by atoms with Gasteiger partial charge in [0, 0.05) is 42.0 Å². The summed E-state index contributed by atoms with van der Waals surface area (Å²) >= 11 is 6.49. The first-order valence-corrected chi connectivity index (χ1v) is 16.4. The molecule has 0 fully saturated rings. The van der Waals surface area contributed by atoms with Gasteiger partial charge in [0.25, 0.3) is 5.56 Å². The average molecular weight is 650 g/mol. The molecule has 2 aromatic heterocycles. The lowest BCUT2D eigenvalue weighted by Crippen LogP contribution is -2.43. The topological polar surface area (TPSA) is 158 Å². The van der Waals surface area contributed by atoms with Crippen molar-refractivity contribution in [2.75, 3.05) is 29.8 Å². The number of anilines is 2. The number of hydrogen-bond acceptors (Lipinski definition) is 8. The molecule has 0 saturated carbocycles. The van der Waals surface area contributed by atoms with Gasteiger partial charge in [-0.2, -0.15) is 0 Å². The first-order valence-electron chi connectivity index (χ1n) is 13.9. The number of hydrogen-bond donors (Lipinski definition) is 2. The molecule has 232 valence electrons. The number of amides is 2. The number of carbonyl (C=O) groups is 2. The van der Waals surface area contributed by atoms with E-state index >= 15 is 0 Å². The molecule has 2 N–H and O–H groups in total. The Bertz CT molecular complexity index is 2130. The predicted octanol–water partition coefficient (Wildman–Crippen LogP) is 2.41. The van der Waals surface area contributed by atoms with Gasteiger partial charge in [-0.25, -0.2) is 18.2 Å². The Kier molecular flexibility index (Phi) is 7.61. The van der Waals surface area contributed by atoms with Crippen LogP contribution >= 0.6 is 11.6 Å². The second-order valence-corrected chi connectivity index (χ2v) is 13.8.